The fourth-order valence-corrected chi connectivity index (χ4v) is 3.40. The smallest absolute Gasteiger partial charge is 0.0543 e. The van der Waals surface area contributed by atoms with Crippen molar-refractivity contribution in [1.29, 1.82) is 0 Å². The van der Waals surface area contributed by atoms with E-state index in [1.807, 2.05) is 23.1 Å². The summed E-state index contributed by atoms with van der Waals surface area (Å²) < 4.78 is 2.05. The third-order valence-corrected chi connectivity index (χ3v) is 4.75. The molecule has 0 aromatic carbocycles. The Kier molecular flexibility index (Phi) is 4.81. The summed E-state index contributed by atoms with van der Waals surface area (Å²) in [4.78, 5) is 4.48. The lowest BCUT2D eigenvalue weighted by Crippen LogP contribution is -2.33. The predicted molar refractivity (Wildman–Crippen MR) is 93.1 cm³/mol. The summed E-state index contributed by atoms with van der Waals surface area (Å²) in [5.74, 6) is 0.697. The van der Waals surface area contributed by atoms with Gasteiger partial charge in [-0.25, -0.2) is 0 Å². The van der Waals surface area contributed by atoms with Crippen molar-refractivity contribution in [3.05, 3.63) is 48.0 Å². The summed E-state index contributed by atoms with van der Waals surface area (Å²) in [6, 6.07) is 6.80. The first kappa shape index (κ1) is 16.2. The zero-order chi connectivity index (χ0) is 16.3. The number of hydrogen-bond donors (Lipinski definition) is 1. The molecule has 0 aliphatic heterocycles. The summed E-state index contributed by atoms with van der Waals surface area (Å²) in [6.07, 6.45) is 11.0. The van der Waals surface area contributed by atoms with Crippen molar-refractivity contribution in [1.82, 2.24) is 20.1 Å². The monoisotopic (exact) mass is 312 g/mol. The molecule has 1 N–H and O–H groups in total. The van der Waals surface area contributed by atoms with Crippen LogP contribution in [-0.2, 0) is 18.5 Å². The molecule has 2 atom stereocenters. The highest BCUT2D eigenvalue weighted by molar-refractivity contribution is 5.08. The lowest BCUT2D eigenvalue weighted by atomic mass is 9.97. The molecule has 2 heterocycles. The molecule has 4 heteroatoms. The number of pyridine rings is 1. The van der Waals surface area contributed by atoms with E-state index >= 15 is 0 Å². The first-order valence-electron chi connectivity index (χ1n) is 8.70. The molecular weight excluding hydrogens is 284 g/mol. The van der Waals surface area contributed by atoms with Gasteiger partial charge in [-0.05, 0) is 58.1 Å². The van der Waals surface area contributed by atoms with Crippen molar-refractivity contribution in [2.45, 2.75) is 64.6 Å². The van der Waals surface area contributed by atoms with Gasteiger partial charge >= 0.3 is 0 Å². The second-order valence-corrected chi connectivity index (χ2v) is 7.67. The Morgan fingerprint density at radius 3 is 2.83 bits per heavy atom. The van der Waals surface area contributed by atoms with E-state index in [-0.39, 0.29) is 5.54 Å². The van der Waals surface area contributed by atoms with Crippen LogP contribution >= 0.6 is 0 Å². The molecule has 1 saturated carbocycles. The maximum Gasteiger partial charge on any atom is 0.0543 e. The van der Waals surface area contributed by atoms with Crippen LogP contribution in [0.3, 0.4) is 0 Å². The molecule has 0 bridgehead atoms. The van der Waals surface area contributed by atoms with Crippen LogP contribution in [0.4, 0.5) is 0 Å². The molecule has 0 saturated heterocycles. The highest BCUT2D eigenvalue weighted by atomic mass is 15.3. The Hall–Kier alpha value is -1.68. The summed E-state index contributed by atoms with van der Waals surface area (Å²) in [5, 5.41) is 8.24. The van der Waals surface area contributed by atoms with Crippen molar-refractivity contribution in [3.63, 3.8) is 0 Å². The minimum Gasteiger partial charge on any atom is -0.310 e. The summed E-state index contributed by atoms with van der Waals surface area (Å²) in [5.41, 5.74) is 2.53. The summed E-state index contributed by atoms with van der Waals surface area (Å²) >= 11 is 0. The minimum atomic E-state index is 0.0487. The molecular formula is C19H28N4. The van der Waals surface area contributed by atoms with E-state index < -0.39 is 0 Å². The Morgan fingerprint density at radius 1 is 1.26 bits per heavy atom. The van der Waals surface area contributed by atoms with Crippen LogP contribution in [0.1, 0.15) is 51.3 Å². The van der Waals surface area contributed by atoms with Gasteiger partial charge in [0, 0.05) is 36.2 Å². The first-order chi connectivity index (χ1) is 11.0. The lowest BCUT2D eigenvalue weighted by molar-refractivity contribution is 0.354. The normalized spacial score (nSPS) is 21.7. The molecule has 2 unspecified atom stereocenters. The van der Waals surface area contributed by atoms with Gasteiger partial charge in [0.05, 0.1) is 11.7 Å². The number of nitrogens with zero attached hydrogens (tertiary/aromatic N) is 3. The second kappa shape index (κ2) is 6.83. The number of nitrogens with one attached hydrogen (secondary N) is 1. The molecule has 124 valence electrons. The predicted octanol–water partition coefficient (Wildman–Crippen LogP) is 3.53. The zero-order valence-electron chi connectivity index (χ0n) is 14.5. The van der Waals surface area contributed by atoms with E-state index in [2.05, 4.69) is 54.5 Å². The fourth-order valence-electron chi connectivity index (χ4n) is 3.40. The molecule has 2 aromatic rings. The van der Waals surface area contributed by atoms with Crippen LogP contribution in [-0.4, -0.2) is 20.8 Å². The molecule has 1 fully saturated rings. The van der Waals surface area contributed by atoms with E-state index in [1.54, 1.807) is 0 Å². The maximum absolute atomic E-state index is 4.49. The van der Waals surface area contributed by atoms with Gasteiger partial charge in [-0.3, -0.25) is 9.67 Å². The molecule has 4 nitrogen and oxygen atoms in total. The molecule has 2 aromatic heterocycles. The van der Waals surface area contributed by atoms with Gasteiger partial charge in [0.1, 0.15) is 0 Å². The van der Waals surface area contributed by atoms with E-state index in [9.17, 15) is 0 Å². The highest BCUT2D eigenvalue weighted by Gasteiger charge is 2.27. The van der Waals surface area contributed by atoms with Gasteiger partial charge in [-0.2, -0.15) is 5.10 Å². The third-order valence-electron chi connectivity index (χ3n) is 4.75. The van der Waals surface area contributed by atoms with Crippen molar-refractivity contribution in [2.75, 3.05) is 0 Å². The second-order valence-electron chi connectivity index (χ2n) is 7.67. The van der Waals surface area contributed by atoms with Gasteiger partial charge in [0.25, 0.3) is 0 Å². The van der Waals surface area contributed by atoms with Crippen LogP contribution in [0.25, 0.3) is 0 Å². The average Bonchev–Trinajstić information content (AvgIpc) is 3.15. The first-order valence-corrected chi connectivity index (χ1v) is 8.70. The van der Waals surface area contributed by atoms with Crippen LogP contribution in [0.15, 0.2) is 36.8 Å². The SMILES string of the molecule is CC(C)(C)n1cc(CNC2CCCC2Cc2ccccn2)cn1. The number of hydrogen-bond acceptors (Lipinski definition) is 3. The van der Waals surface area contributed by atoms with Gasteiger partial charge in [0.2, 0.25) is 0 Å². The quantitative estimate of drug-likeness (QED) is 0.918. The molecule has 3 rings (SSSR count). The molecule has 0 amide bonds. The maximum atomic E-state index is 4.49. The molecule has 23 heavy (non-hydrogen) atoms. The Balaban J connectivity index is 1.56. The topological polar surface area (TPSA) is 42.7 Å². The minimum absolute atomic E-state index is 0.0487. The van der Waals surface area contributed by atoms with E-state index in [0.717, 1.165) is 13.0 Å². The Bertz CT molecular complexity index is 612. The number of aromatic nitrogens is 3. The zero-order valence-corrected chi connectivity index (χ0v) is 14.5. The van der Waals surface area contributed by atoms with Crippen molar-refractivity contribution >= 4 is 0 Å². The van der Waals surface area contributed by atoms with E-state index in [0.29, 0.717) is 12.0 Å². The van der Waals surface area contributed by atoms with Crippen LogP contribution < -0.4 is 5.32 Å². The molecule has 0 spiro atoms. The summed E-state index contributed by atoms with van der Waals surface area (Å²) in [6.45, 7) is 7.44. The Labute approximate surface area is 139 Å². The van der Waals surface area contributed by atoms with Gasteiger partial charge in [0.15, 0.2) is 0 Å². The van der Waals surface area contributed by atoms with Crippen LogP contribution in [0.5, 0.6) is 0 Å². The van der Waals surface area contributed by atoms with Gasteiger partial charge in [-0.15, -0.1) is 0 Å². The van der Waals surface area contributed by atoms with Crippen molar-refractivity contribution < 1.29 is 0 Å². The van der Waals surface area contributed by atoms with E-state index in [1.165, 1.54) is 30.5 Å². The largest absolute Gasteiger partial charge is 0.310 e. The van der Waals surface area contributed by atoms with Crippen LogP contribution in [0, 0.1) is 5.92 Å². The standard InChI is InChI=1S/C19H28N4/c1-19(2,3)23-14-15(13-22-23)12-21-18-9-6-7-16(18)11-17-8-4-5-10-20-17/h4-5,8,10,13-14,16,18,21H,6-7,9,11-12H2,1-3H3. The number of rotatable bonds is 5. The van der Waals surface area contributed by atoms with E-state index in [4.69, 9.17) is 0 Å². The summed E-state index contributed by atoms with van der Waals surface area (Å²) in [7, 11) is 0. The van der Waals surface area contributed by atoms with Gasteiger partial charge < -0.3 is 5.32 Å². The fraction of sp³-hybridized carbons (Fsp3) is 0.579. The van der Waals surface area contributed by atoms with Crippen molar-refractivity contribution in [2.24, 2.45) is 5.92 Å². The third kappa shape index (κ3) is 4.20. The molecule has 0 radical (unpaired) electrons. The van der Waals surface area contributed by atoms with Crippen molar-refractivity contribution in [3.8, 4) is 0 Å². The Morgan fingerprint density at radius 2 is 2.13 bits per heavy atom. The van der Waals surface area contributed by atoms with Gasteiger partial charge in [-0.1, -0.05) is 12.5 Å². The molecule has 1 aliphatic rings. The average molecular weight is 312 g/mol. The lowest BCUT2D eigenvalue weighted by Gasteiger charge is -2.21. The highest BCUT2D eigenvalue weighted by Crippen LogP contribution is 2.28. The van der Waals surface area contributed by atoms with Crippen LogP contribution in [0.2, 0.25) is 0 Å². The molecule has 1 aliphatic carbocycles.